The number of alkyl carbamates (subject to hydrolysis) is 1. The molecule has 33 heavy (non-hydrogen) atoms. The third-order valence-electron chi connectivity index (χ3n) is 6.21. The Hall–Kier alpha value is -3.08. The Kier molecular flexibility index (Phi) is 7.96. The van der Waals surface area contributed by atoms with Crippen LogP contribution in [-0.2, 0) is 20.9 Å². The Morgan fingerprint density at radius 1 is 1.12 bits per heavy atom. The van der Waals surface area contributed by atoms with Crippen LogP contribution >= 0.6 is 0 Å². The van der Waals surface area contributed by atoms with Crippen molar-refractivity contribution in [3.63, 3.8) is 0 Å². The van der Waals surface area contributed by atoms with Gasteiger partial charge in [0.2, 0.25) is 11.8 Å². The number of nitrogens with zero attached hydrogens (tertiary/aromatic N) is 2. The van der Waals surface area contributed by atoms with Crippen molar-refractivity contribution in [1.82, 2.24) is 15.5 Å². The highest BCUT2D eigenvalue weighted by molar-refractivity contribution is 5.93. The van der Waals surface area contributed by atoms with Crippen molar-refractivity contribution in [3.05, 3.63) is 35.4 Å². The largest absolute Gasteiger partial charge is 0.444 e. The van der Waals surface area contributed by atoms with E-state index in [2.05, 4.69) is 16.7 Å². The minimum Gasteiger partial charge on any atom is -0.444 e. The SMILES string of the molecule is CC(C)(C)OC(=O)NC(C(=O)N1CCC1C(=O)NCc1ccc(C#N)cc1)C1CCCCC1. The number of carbonyl (C=O) groups excluding carboxylic acids is 3. The van der Waals surface area contributed by atoms with Crippen LogP contribution in [0.5, 0.6) is 0 Å². The summed E-state index contributed by atoms with van der Waals surface area (Å²) in [6, 6.07) is 7.85. The van der Waals surface area contributed by atoms with Gasteiger partial charge in [0, 0.05) is 13.1 Å². The van der Waals surface area contributed by atoms with Gasteiger partial charge in [0.15, 0.2) is 0 Å². The van der Waals surface area contributed by atoms with Crippen LogP contribution in [0.3, 0.4) is 0 Å². The summed E-state index contributed by atoms with van der Waals surface area (Å²) >= 11 is 0. The maximum absolute atomic E-state index is 13.4. The predicted molar refractivity (Wildman–Crippen MR) is 123 cm³/mol. The second kappa shape index (κ2) is 10.7. The van der Waals surface area contributed by atoms with Gasteiger partial charge in [-0.2, -0.15) is 5.26 Å². The van der Waals surface area contributed by atoms with Crippen molar-refractivity contribution in [3.8, 4) is 6.07 Å². The summed E-state index contributed by atoms with van der Waals surface area (Å²) in [4.78, 5) is 40.2. The van der Waals surface area contributed by atoms with E-state index in [1.165, 1.54) is 0 Å². The third kappa shape index (κ3) is 6.70. The Balaban J connectivity index is 1.62. The minimum atomic E-state index is -0.686. The third-order valence-corrected chi connectivity index (χ3v) is 6.21. The van der Waals surface area contributed by atoms with Gasteiger partial charge in [-0.05, 0) is 63.6 Å². The van der Waals surface area contributed by atoms with Crippen molar-refractivity contribution in [1.29, 1.82) is 5.26 Å². The highest BCUT2D eigenvalue weighted by Gasteiger charge is 2.43. The zero-order valence-electron chi connectivity index (χ0n) is 19.7. The number of likely N-dealkylation sites (tertiary alicyclic amines) is 1. The molecule has 1 aliphatic heterocycles. The smallest absolute Gasteiger partial charge is 0.408 e. The Morgan fingerprint density at radius 3 is 2.33 bits per heavy atom. The lowest BCUT2D eigenvalue weighted by Crippen LogP contribution is -2.63. The summed E-state index contributed by atoms with van der Waals surface area (Å²) in [6.45, 7) is 6.17. The Bertz CT molecular complexity index is 894. The summed E-state index contributed by atoms with van der Waals surface area (Å²) in [5, 5.41) is 14.6. The number of rotatable bonds is 6. The fourth-order valence-corrected chi connectivity index (χ4v) is 4.39. The van der Waals surface area contributed by atoms with E-state index < -0.39 is 23.8 Å². The van der Waals surface area contributed by atoms with Gasteiger partial charge in [0.05, 0.1) is 11.6 Å². The topological polar surface area (TPSA) is 112 Å². The number of benzene rings is 1. The van der Waals surface area contributed by atoms with Crippen LogP contribution in [-0.4, -0.2) is 47.0 Å². The molecule has 0 bridgehead atoms. The number of hydrogen-bond donors (Lipinski definition) is 2. The fraction of sp³-hybridized carbons (Fsp3) is 0.600. The van der Waals surface area contributed by atoms with Gasteiger partial charge >= 0.3 is 6.09 Å². The van der Waals surface area contributed by atoms with Gasteiger partial charge in [0.25, 0.3) is 0 Å². The van der Waals surface area contributed by atoms with Crippen LogP contribution in [0.25, 0.3) is 0 Å². The van der Waals surface area contributed by atoms with Crippen LogP contribution in [0.1, 0.15) is 70.4 Å². The fourth-order valence-electron chi connectivity index (χ4n) is 4.39. The number of carbonyl (C=O) groups is 3. The summed E-state index contributed by atoms with van der Waals surface area (Å²) in [7, 11) is 0. The van der Waals surface area contributed by atoms with E-state index in [1.54, 1.807) is 49.9 Å². The molecule has 2 aliphatic rings. The second-order valence-corrected chi connectivity index (χ2v) is 9.88. The van der Waals surface area contributed by atoms with Crippen molar-refractivity contribution in [2.75, 3.05) is 6.54 Å². The van der Waals surface area contributed by atoms with Gasteiger partial charge in [-0.15, -0.1) is 0 Å². The molecule has 0 aromatic heterocycles. The lowest BCUT2D eigenvalue weighted by atomic mass is 9.82. The summed E-state index contributed by atoms with van der Waals surface area (Å²) < 4.78 is 5.40. The van der Waals surface area contributed by atoms with Crippen molar-refractivity contribution in [2.45, 2.75) is 83.5 Å². The van der Waals surface area contributed by atoms with E-state index in [0.717, 1.165) is 37.7 Å². The summed E-state index contributed by atoms with van der Waals surface area (Å²) in [6.07, 6.45) is 4.92. The molecular weight excluding hydrogens is 420 g/mol. The molecule has 2 atom stereocenters. The molecular formula is C25H34N4O4. The molecule has 8 nitrogen and oxygen atoms in total. The van der Waals surface area contributed by atoms with E-state index in [1.807, 2.05) is 0 Å². The molecule has 1 aliphatic carbocycles. The van der Waals surface area contributed by atoms with E-state index in [9.17, 15) is 14.4 Å². The zero-order chi connectivity index (χ0) is 24.0. The molecule has 2 unspecified atom stereocenters. The number of nitrogens with one attached hydrogen (secondary N) is 2. The molecule has 1 aromatic rings. The molecule has 1 saturated heterocycles. The first-order valence-electron chi connectivity index (χ1n) is 11.7. The molecule has 2 N–H and O–H groups in total. The molecule has 3 amide bonds. The number of amides is 3. The monoisotopic (exact) mass is 454 g/mol. The van der Waals surface area contributed by atoms with Crippen LogP contribution in [0.4, 0.5) is 4.79 Å². The Morgan fingerprint density at radius 2 is 1.79 bits per heavy atom. The van der Waals surface area contributed by atoms with Crippen LogP contribution < -0.4 is 10.6 Å². The van der Waals surface area contributed by atoms with Crippen LogP contribution in [0.15, 0.2) is 24.3 Å². The molecule has 0 spiro atoms. The summed E-state index contributed by atoms with van der Waals surface area (Å²) in [5.41, 5.74) is 0.785. The van der Waals surface area contributed by atoms with Crippen molar-refractivity contribution >= 4 is 17.9 Å². The van der Waals surface area contributed by atoms with Gasteiger partial charge in [0.1, 0.15) is 17.7 Å². The van der Waals surface area contributed by atoms with E-state index in [-0.39, 0.29) is 17.7 Å². The minimum absolute atomic E-state index is 0.0433. The average Bonchev–Trinajstić information content (AvgIpc) is 2.75. The van der Waals surface area contributed by atoms with Crippen LogP contribution in [0.2, 0.25) is 0 Å². The summed E-state index contributed by atoms with van der Waals surface area (Å²) in [5.74, 6) is -0.377. The standard InChI is InChI=1S/C25H34N4O4/c1-25(2,3)33-24(32)28-21(19-7-5-4-6-8-19)23(31)29-14-13-20(29)22(30)27-16-18-11-9-17(15-26)10-12-18/h9-12,19-21H,4-8,13-14,16H2,1-3H3,(H,27,30)(H,28,32). The molecule has 3 rings (SSSR count). The Labute approximate surface area is 195 Å². The molecule has 1 saturated carbocycles. The maximum atomic E-state index is 13.4. The van der Waals surface area contributed by atoms with E-state index >= 15 is 0 Å². The first-order chi connectivity index (χ1) is 15.7. The van der Waals surface area contributed by atoms with Gasteiger partial charge < -0.3 is 20.3 Å². The second-order valence-electron chi connectivity index (χ2n) is 9.88. The maximum Gasteiger partial charge on any atom is 0.408 e. The highest BCUT2D eigenvalue weighted by Crippen LogP contribution is 2.30. The van der Waals surface area contributed by atoms with Gasteiger partial charge in [-0.3, -0.25) is 9.59 Å². The number of ether oxygens (including phenoxy) is 1. The highest BCUT2D eigenvalue weighted by atomic mass is 16.6. The quantitative estimate of drug-likeness (QED) is 0.685. The molecule has 2 fully saturated rings. The van der Waals surface area contributed by atoms with Crippen molar-refractivity contribution < 1.29 is 19.1 Å². The lowest BCUT2D eigenvalue weighted by Gasteiger charge is -2.43. The first kappa shape index (κ1) is 24.6. The van der Waals surface area contributed by atoms with Crippen LogP contribution in [0, 0.1) is 17.2 Å². The normalized spacial score (nSPS) is 19.6. The number of nitriles is 1. The van der Waals surface area contributed by atoms with Gasteiger partial charge in [-0.1, -0.05) is 31.4 Å². The van der Waals surface area contributed by atoms with E-state index in [0.29, 0.717) is 25.1 Å². The van der Waals surface area contributed by atoms with E-state index in [4.69, 9.17) is 10.00 Å². The first-order valence-corrected chi connectivity index (χ1v) is 11.7. The molecule has 178 valence electrons. The zero-order valence-corrected chi connectivity index (χ0v) is 19.7. The lowest BCUT2D eigenvalue weighted by molar-refractivity contribution is -0.150. The average molecular weight is 455 g/mol. The van der Waals surface area contributed by atoms with Crippen molar-refractivity contribution in [2.24, 2.45) is 5.92 Å². The molecule has 1 heterocycles. The molecule has 8 heteroatoms. The number of hydrogen-bond acceptors (Lipinski definition) is 5. The van der Waals surface area contributed by atoms with Gasteiger partial charge in [-0.25, -0.2) is 4.79 Å². The predicted octanol–water partition coefficient (Wildman–Crippen LogP) is 3.25. The molecule has 1 aromatic carbocycles. The molecule has 0 radical (unpaired) electrons.